The predicted octanol–water partition coefficient (Wildman–Crippen LogP) is 5.19. The number of carbonyl (C=O) groups is 1. The molecule has 8 heteroatoms. The van der Waals surface area contributed by atoms with E-state index in [-0.39, 0.29) is 11.7 Å². The predicted molar refractivity (Wildman–Crippen MR) is 114 cm³/mol. The zero-order chi connectivity index (χ0) is 20.4. The number of halogens is 1. The van der Waals surface area contributed by atoms with Gasteiger partial charge in [-0.15, -0.1) is 11.3 Å². The number of benzene rings is 2. The SMILES string of the molecule is Cc1nc(-c2cccc(Cl)c2)sc1C(=O)Nc1cnc(-c2cccc(O)c2)nc1. The molecule has 2 aromatic carbocycles. The van der Waals surface area contributed by atoms with Crippen LogP contribution >= 0.6 is 22.9 Å². The molecule has 144 valence electrons. The zero-order valence-corrected chi connectivity index (χ0v) is 16.8. The molecule has 0 aliphatic rings. The van der Waals surface area contributed by atoms with E-state index in [0.717, 1.165) is 10.6 Å². The van der Waals surface area contributed by atoms with E-state index in [4.69, 9.17) is 11.6 Å². The van der Waals surface area contributed by atoms with Crippen LogP contribution < -0.4 is 5.32 Å². The maximum Gasteiger partial charge on any atom is 0.267 e. The summed E-state index contributed by atoms with van der Waals surface area (Å²) >= 11 is 7.35. The van der Waals surface area contributed by atoms with E-state index in [9.17, 15) is 9.90 Å². The summed E-state index contributed by atoms with van der Waals surface area (Å²) < 4.78 is 0. The summed E-state index contributed by atoms with van der Waals surface area (Å²) in [5, 5.41) is 13.7. The number of hydrogen-bond donors (Lipinski definition) is 2. The van der Waals surface area contributed by atoms with E-state index in [1.165, 1.54) is 23.7 Å². The fraction of sp³-hybridized carbons (Fsp3) is 0.0476. The number of phenols is 1. The fourth-order valence-corrected chi connectivity index (χ4v) is 3.87. The van der Waals surface area contributed by atoms with Gasteiger partial charge >= 0.3 is 0 Å². The molecule has 2 heterocycles. The van der Waals surface area contributed by atoms with Gasteiger partial charge in [0, 0.05) is 16.1 Å². The van der Waals surface area contributed by atoms with Crippen LogP contribution in [0.3, 0.4) is 0 Å². The molecule has 0 spiro atoms. The van der Waals surface area contributed by atoms with Gasteiger partial charge < -0.3 is 10.4 Å². The number of thiazole rings is 1. The highest BCUT2D eigenvalue weighted by Gasteiger charge is 2.17. The molecular formula is C21H15ClN4O2S. The van der Waals surface area contributed by atoms with Gasteiger partial charge in [0.15, 0.2) is 5.82 Å². The summed E-state index contributed by atoms with van der Waals surface area (Å²) in [6, 6.07) is 14.0. The number of phenolic OH excluding ortho intramolecular Hbond substituents is 1. The number of nitrogens with zero attached hydrogens (tertiary/aromatic N) is 3. The van der Waals surface area contributed by atoms with Gasteiger partial charge in [0.1, 0.15) is 15.6 Å². The first-order valence-electron chi connectivity index (χ1n) is 8.66. The Hall–Kier alpha value is -3.29. The maximum atomic E-state index is 12.7. The third kappa shape index (κ3) is 4.26. The molecule has 4 rings (SSSR count). The van der Waals surface area contributed by atoms with Crippen LogP contribution in [0.15, 0.2) is 60.9 Å². The van der Waals surface area contributed by atoms with Crippen molar-refractivity contribution in [1.82, 2.24) is 15.0 Å². The van der Waals surface area contributed by atoms with Gasteiger partial charge in [-0.1, -0.05) is 35.9 Å². The lowest BCUT2D eigenvalue weighted by molar-refractivity contribution is 0.102. The quantitative estimate of drug-likeness (QED) is 0.472. The van der Waals surface area contributed by atoms with Gasteiger partial charge in [-0.2, -0.15) is 0 Å². The van der Waals surface area contributed by atoms with E-state index in [0.29, 0.717) is 32.7 Å². The van der Waals surface area contributed by atoms with Crippen molar-refractivity contribution in [2.45, 2.75) is 6.92 Å². The standard InChI is InChI=1S/C21H15ClN4O2S/c1-12-18(29-21(25-12)14-5-2-6-15(22)8-14)20(28)26-16-10-23-19(24-11-16)13-4-3-7-17(27)9-13/h2-11,27H,1H3,(H,26,28). The first-order valence-corrected chi connectivity index (χ1v) is 9.85. The van der Waals surface area contributed by atoms with E-state index in [2.05, 4.69) is 20.3 Å². The van der Waals surface area contributed by atoms with Crippen LogP contribution in [0.2, 0.25) is 5.02 Å². The van der Waals surface area contributed by atoms with Crippen molar-refractivity contribution in [3.63, 3.8) is 0 Å². The lowest BCUT2D eigenvalue weighted by atomic mass is 10.2. The van der Waals surface area contributed by atoms with Gasteiger partial charge in [-0.25, -0.2) is 15.0 Å². The molecule has 1 amide bonds. The van der Waals surface area contributed by atoms with Gasteiger partial charge in [-0.05, 0) is 31.2 Å². The molecule has 0 bridgehead atoms. The van der Waals surface area contributed by atoms with Crippen molar-refractivity contribution in [2.75, 3.05) is 5.32 Å². The Labute approximate surface area is 175 Å². The highest BCUT2D eigenvalue weighted by atomic mass is 35.5. The second-order valence-corrected chi connectivity index (χ2v) is 7.68. The second-order valence-electron chi connectivity index (χ2n) is 6.24. The van der Waals surface area contributed by atoms with E-state index >= 15 is 0 Å². The number of hydrogen-bond acceptors (Lipinski definition) is 6. The number of carbonyl (C=O) groups excluding carboxylic acids is 1. The summed E-state index contributed by atoms with van der Waals surface area (Å²) in [5.41, 5.74) is 2.66. The number of anilines is 1. The molecule has 4 aromatic rings. The largest absolute Gasteiger partial charge is 0.508 e. The van der Waals surface area contributed by atoms with Crippen LogP contribution in [0.5, 0.6) is 5.75 Å². The highest BCUT2D eigenvalue weighted by molar-refractivity contribution is 7.17. The Morgan fingerprint density at radius 3 is 2.52 bits per heavy atom. The molecule has 6 nitrogen and oxygen atoms in total. The van der Waals surface area contributed by atoms with Gasteiger partial charge in [0.05, 0.1) is 23.8 Å². The minimum atomic E-state index is -0.276. The molecule has 0 unspecified atom stereocenters. The lowest BCUT2D eigenvalue weighted by Crippen LogP contribution is -2.12. The van der Waals surface area contributed by atoms with Crippen molar-refractivity contribution in [3.05, 3.63) is 76.5 Å². The summed E-state index contributed by atoms with van der Waals surface area (Å²) in [5.74, 6) is 0.317. The Bertz CT molecular complexity index is 1190. The molecule has 0 atom stereocenters. The van der Waals surface area contributed by atoms with Crippen molar-refractivity contribution in [3.8, 4) is 27.7 Å². The molecule has 2 N–H and O–H groups in total. The minimum absolute atomic E-state index is 0.139. The molecule has 0 aliphatic carbocycles. The molecular weight excluding hydrogens is 408 g/mol. The van der Waals surface area contributed by atoms with Crippen molar-refractivity contribution in [1.29, 1.82) is 0 Å². The molecule has 0 saturated carbocycles. The van der Waals surface area contributed by atoms with Crippen LogP contribution in [-0.4, -0.2) is 26.0 Å². The molecule has 0 saturated heterocycles. The van der Waals surface area contributed by atoms with E-state index in [1.807, 2.05) is 18.2 Å². The third-order valence-electron chi connectivity index (χ3n) is 4.09. The Balaban J connectivity index is 1.52. The Kier molecular flexibility index (Phi) is 5.24. The maximum absolute atomic E-state index is 12.7. The van der Waals surface area contributed by atoms with Gasteiger partial charge in [-0.3, -0.25) is 4.79 Å². The van der Waals surface area contributed by atoms with E-state index < -0.39 is 0 Å². The first-order chi connectivity index (χ1) is 14.0. The van der Waals surface area contributed by atoms with Gasteiger partial charge in [0.2, 0.25) is 0 Å². The minimum Gasteiger partial charge on any atom is -0.508 e. The Morgan fingerprint density at radius 1 is 1.07 bits per heavy atom. The van der Waals surface area contributed by atoms with Crippen LogP contribution in [0.1, 0.15) is 15.4 Å². The van der Waals surface area contributed by atoms with Crippen LogP contribution in [0, 0.1) is 6.92 Å². The molecule has 29 heavy (non-hydrogen) atoms. The fourth-order valence-electron chi connectivity index (χ4n) is 2.73. The molecule has 0 fully saturated rings. The normalized spacial score (nSPS) is 10.7. The molecule has 2 aromatic heterocycles. The number of aryl methyl sites for hydroxylation is 1. The van der Waals surface area contributed by atoms with Crippen LogP contribution in [0.25, 0.3) is 22.0 Å². The summed E-state index contributed by atoms with van der Waals surface area (Å²) in [6.45, 7) is 1.79. The average Bonchev–Trinajstić information content (AvgIpc) is 3.10. The molecule has 0 aliphatic heterocycles. The number of aromatic hydroxyl groups is 1. The summed E-state index contributed by atoms with van der Waals surface area (Å²) in [7, 11) is 0. The number of nitrogens with one attached hydrogen (secondary N) is 1. The highest BCUT2D eigenvalue weighted by Crippen LogP contribution is 2.30. The average molecular weight is 423 g/mol. The Morgan fingerprint density at radius 2 is 1.79 bits per heavy atom. The molecule has 0 radical (unpaired) electrons. The van der Waals surface area contributed by atoms with Crippen molar-refractivity contribution < 1.29 is 9.90 Å². The number of rotatable bonds is 4. The van der Waals surface area contributed by atoms with Crippen LogP contribution in [-0.2, 0) is 0 Å². The second kappa shape index (κ2) is 7.98. The van der Waals surface area contributed by atoms with Crippen molar-refractivity contribution in [2.24, 2.45) is 0 Å². The number of amides is 1. The number of aromatic nitrogens is 3. The first kappa shape index (κ1) is 19.0. The monoisotopic (exact) mass is 422 g/mol. The third-order valence-corrected chi connectivity index (χ3v) is 5.53. The lowest BCUT2D eigenvalue weighted by Gasteiger charge is -2.05. The summed E-state index contributed by atoms with van der Waals surface area (Å²) in [6.07, 6.45) is 3.05. The van der Waals surface area contributed by atoms with Crippen molar-refractivity contribution >= 4 is 34.5 Å². The zero-order valence-electron chi connectivity index (χ0n) is 15.3. The van der Waals surface area contributed by atoms with Crippen LogP contribution in [0.4, 0.5) is 5.69 Å². The smallest absolute Gasteiger partial charge is 0.267 e. The van der Waals surface area contributed by atoms with E-state index in [1.54, 1.807) is 37.3 Å². The summed E-state index contributed by atoms with van der Waals surface area (Å²) in [4.78, 5) is 26.2. The topological polar surface area (TPSA) is 88.0 Å². The van der Waals surface area contributed by atoms with Gasteiger partial charge in [0.25, 0.3) is 5.91 Å².